The Hall–Kier alpha value is -2.89. The highest BCUT2D eigenvalue weighted by Gasteiger charge is 2.16. The maximum Gasteiger partial charge on any atom is 0.351 e. The van der Waals surface area contributed by atoms with E-state index in [1.54, 1.807) is 13.1 Å². The number of para-hydroxylation sites is 1. The van der Waals surface area contributed by atoms with Crippen LogP contribution in [0.4, 0.5) is 5.69 Å². The van der Waals surface area contributed by atoms with Crippen LogP contribution in [-0.4, -0.2) is 28.9 Å². The molecule has 7 nitrogen and oxygen atoms in total. The van der Waals surface area contributed by atoms with E-state index in [0.717, 1.165) is 17.0 Å². The predicted octanol–water partition coefficient (Wildman–Crippen LogP) is 0.380. The van der Waals surface area contributed by atoms with Crippen molar-refractivity contribution in [1.29, 1.82) is 5.26 Å². The molecular weight excluding hydrogens is 354 g/mol. The normalized spacial score (nSPS) is 12.4. The van der Waals surface area contributed by atoms with Crippen LogP contribution in [0.1, 0.15) is 13.3 Å². The summed E-state index contributed by atoms with van der Waals surface area (Å²) < 4.78 is 6.98. The van der Waals surface area contributed by atoms with Crippen LogP contribution < -0.4 is 20.1 Å². The molecule has 2 aromatic rings. The Kier molecular flexibility index (Phi) is 7.14. The van der Waals surface area contributed by atoms with E-state index < -0.39 is 5.97 Å². The molecule has 2 N–H and O–H groups in total. The van der Waals surface area contributed by atoms with Crippen LogP contribution in [0, 0.1) is 11.3 Å². The standard InChI is InChI=1S/C18H19N3O4S/c1-2-21-16(23)15(12-20-13-7-4-3-5-8-13)26-17(21)14(11-19)18(24)25-10-6-9-22/h3-5,7-8,12,20,22H,2,6,9-10H2,1H3/b15-12+,17-14-. The van der Waals surface area contributed by atoms with Gasteiger partial charge in [-0.3, -0.25) is 9.36 Å². The monoisotopic (exact) mass is 373 g/mol. The molecule has 8 heteroatoms. The zero-order chi connectivity index (χ0) is 18.9. The summed E-state index contributed by atoms with van der Waals surface area (Å²) in [5, 5.41) is 21.1. The van der Waals surface area contributed by atoms with Gasteiger partial charge in [0.05, 0.1) is 6.61 Å². The zero-order valence-electron chi connectivity index (χ0n) is 14.3. The number of aromatic nitrogens is 1. The second kappa shape index (κ2) is 9.56. The fourth-order valence-corrected chi connectivity index (χ4v) is 3.24. The van der Waals surface area contributed by atoms with Gasteiger partial charge in [-0.1, -0.05) is 18.2 Å². The van der Waals surface area contributed by atoms with Gasteiger partial charge in [0.2, 0.25) is 0 Å². The molecule has 26 heavy (non-hydrogen) atoms. The minimum atomic E-state index is -0.799. The molecule has 0 bridgehead atoms. The maximum absolute atomic E-state index is 12.5. The molecule has 1 aromatic carbocycles. The first-order valence-electron chi connectivity index (χ1n) is 8.06. The van der Waals surface area contributed by atoms with Crippen molar-refractivity contribution in [3.63, 3.8) is 0 Å². The van der Waals surface area contributed by atoms with Crippen LogP contribution >= 0.6 is 11.3 Å². The Labute approximate surface area is 154 Å². The number of rotatable bonds is 7. The van der Waals surface area contributed by atoms with E-state index in [4.69, 9.17) is 9.84 Å². The zero-order valence-corrected chi connectivity index (χ0v) is 15.1. The highest BCUT2D eigenvalue weighted by molar-refractivity contribution is 7.07. The van der Waals surface area contributed by atoms with Gasteiger partial charge in [0.1, 0.15) is 15.3 Å². The van der Waals surface area contributed by atoms with E-state index in [1.807, 2.05) is 36.4 Å². The van der Waals surface area contributed by atoms with E-state index in [0.29, 0.717) is 11.1 Å². The fourth-order valence-electron chi connectivity index (χ4n) is 2.16. The topological polar surface area (TPSA) is 104 Å². The second-order valence-corrected chi connectivity index (χ2v) is 6.21. The predicted molar refractivity (Wildman–Crippen MR) is 99.7 cm³/mol. The Morgan fingerprint density at radius 3 is 2.77 bits per heavy atom. The van der Waals surface area contributed by atoms with Gasteiger partial charge in [-0.15, -0.1) is 11.3 Å². The molecule has 0 spiro atoms. The quantitative estimate of drug-likeness (QED) is 0.537. The first-order chi connectivity index (χ1) is 12.6. The molecular formula is C18H19N3O4S. The van der Waals surface area contributed by atoms with Gasteiger partial charge in [-0.2, -0.15) is 5.26 Å². The molecule has 0 unspecified atom stereocenters. The van der Waals surface area contributed by atoms with Gasteiger partial charge in [-0.25, -0.2) is 4.79 Å². The summed E-state index contributed by atoms with van der Waals surface area (Å²) in [6, 6.07) is 11.2. The van der Waals surface area contributed by atoms with Crippen molar-refractivity contribution in [3.05, 3.63) is 49.9 Å². The number of aliphatic hydroxyl groups is 1. The minimum Gasteiger partial charge on any atom is -0.461 e. The number of carbonyl (C=O) groups is 1. The number of aliphatic hydroxyl groups excluding tert-OH is 1. The lowest BCUT2D eigenvalue weighted by Gasteiger charge is -2.02. The molecule has 0 radical (unpaired) electrons. The first-order valence-corrected chi connectivity index (χ1v) is 8.87. The molecule has 0 atom stereocenters. The fraction of sp³-hybridized carbons (Fsp3) is 0.278. The molecule has 1 aromatic heterocycles. The van der Waals surface area contributed by atoms with Crippen LogP contribution in [0.3, 0.4) is 0 Å². The molecule has 0 aliphatic rings. The van der Waals surface area contributed by atoms with Gasteiger partial charge in [0.15, 0.2) is 5.57 Å². The summed E-state index contributed by atoms with van der Waals surface area (Å²) in [4.78, 5) is 24.7. The van der Waals surface area contributed by atoms with Crippen molar-refractivity contribution in [2.75, 3.05) is 18.5 Å². The van der Waals surface area contributed by atoms with E-state index >= 15 is 0 Å². The summed E-state index contributed by atoms with van der Waals surface area (Å²) in [6.07, 6.45) is 1.85. The second-order valence-electron chi connectivity index (χ2n) is 5.18. The number of nitriles is 1. The number of anilines is 1. The van der Waals surface area contributed by atoms with Crippen LogP contribution in [-0.2, 0) is 16.1 Å². The molecule has 2 rings (SSSR count). The third kappa shape index (κ3) is 4.59. The van der Waals surface area contributed by atoms with E-state index in [9.17, 15) is 14.9 Å². The van der Waals surface area contributed by atoms with E-state index in [1.165, 1.54) is 4.57 Å². The van der Waals surface area contributed by atoms with Crippen LogP contribution in [0.2, 0.25) is 0 Å². The van der Waals surface area contributed by atoms with Crippen molar-refractivity contribution < 1.29 is 14.6 Å². The Morgan fingerprint density at radius 2 is 2.15 bits per heavy atom. The van der Waals surface area contributed by atoms with Gasteiger partial charge in [-0.05, 0) is 19.1 Å². The SMILES string of the molecule is CCn1c(=O)/c(=C\Nc2ccccc2)s/c1=C(/C#N)C(=O)OCCCO. The van der Waals surface area contributed by atoms with Crippen molar-refractivity contribution in [1.82, 2.24) is 4.57 Å². The average Bonchev–Trinajstić information content (AvgIpc) is 2.97. The summed E-state index contributed by atoms with van der Waals surface area (Å²) in [6.45, 7) is 1.98. The van der Waals surface area contributed by atoms with Crippen LogP contribution in [0.5, 0.6) is 0 Å². The summed E-state index contributed by atoms with van der Waals surface area (Å²) >= 11 is 1.05. The largest absolute Gasteiger partial charge is 0.461 e. The maximum atomic E-state index is 12.5. The molecule has 136 valence electrons. The first kappa shape index (κ1) is 19.4. The van der Waals surface area contributed by atoms with E-state index in [-0.39, 0.29) is 35.4 Å². The third-order valence-corrected chi connectivity index (χ3v) is 4.56. The van der Waals surface area contributed by atoms with Crippen molar-refractivity contribution in [2.45, 2.75) is 19.9 Å². The van der Waals surface area contributed by atoms with Gasteiger partial charge in [0.25, 0.3) is 5.56 Å². The molecule has 0 amide bonds. The van der Waals surface area contributed by atoms with Gasteiger partial charge < -0.3 is 15.2 Å². The molecule has 0 saturated carbocycles. The average molecular weight is 373 g/mol. The number of nitrogens with zero attached hydrogens (tertiary/aromatic N) is 2. The summed E-state index contributed by atoms with van der Waals surface area (Å²) in [5.41, 5.74) is 0.316. The number of esters is 1. The molecule has 0 aliphatic carbocycles. The number of ether oxygens (including phenoxy) is 1. The number of hydrogen-bond acceptors (Lipinski definition) is 7. The highest BCUT2D eigenvalue weighted by Crippen LogP contribution is 2.04. The summed E-state index contributed by atoms with van der Waals surface area (Å²) in [7, 11) is 0. The third-order valence-electron chi connectivity index (χ3n) is 3.43. The van der Waals surface area contributed by atoms with Crippen LogP contribution in [0.25, 0.3) is 11.8 Å². The Morgan fingerprint density at radius 1 is 1.42 bits per heavy atom. The lowest BCUT2D eigenvalue weighted by atomic mass is 10.3. The Bertz CT molecular complexity index is 971. The van der Waals surface area contributed by atoms with Crippen molar-refractivity contribution >= 4 is 34.8 Å². The van der Waals surface area contributed by atoms with Crippen LogP contribution in [0.15, 0.2) is 35.1 Å². The van der Waals surface area contributed by atoms with E-state index in [2.05, 4.69) is 5.32 Å². The molecule has 0 fully saturated rings. The molecule has 0 saturated heterocycles. The highest BCUT2D eigenvalue weighted by atomic mass is 32.1. The van der Waals surface area contributed by atoms with Crippen molar-refractivity contribution in [2.24, 2.45) is 0 Å². The minimum absolute atomic E-state index is 0.0107. The van der Waals surface area contributed by atoms with Crippen molar-refractivity contribution in [3.8, 4) is 6.07 Å². The number of nitrogens with one attached hydrogen (secondary N) is 1. The smallest absolute Gasteiger partial charge is 0.351 e. The number of hydrogen-bond donors (Lipinski definition) is 2. The lowest BCUT2D eigenvalue weighted by molar-refractivity contribution is -0.136. The Balaban J connectivity index is 2.47. The number of benzene rings is 1. The van der Waals surface area contributed by atoms with Gasteiger partial charge in [0, 0.05) is 31.5 Å². The number of thiazole rings is 1. The molecule has 0 aliphatic heterocycles. The number of carbonyl (C=O) groups excluding carboxylic acids is 1. The lowest BCUT2D eigenvalue weighted by Crippen LogP contribution is -2.32. The molecule has 1 heterocycles. The summed E-state index contributed by atoms with van der Waals surface area (Å²) in [5.74, 6) is -0.799. The van der Waals surface area contributed by atoms with Gasteiger partial charge >= 0.3 is 5.97 Å².